The molecule has 0 N–H and O–H groups in total. The first-order valence-corrected chi connectivity index (χ1v) is 7.73. The van der Waals surface area contributed by atoms with Gasteiger partial charge in [0.15, 0.2) is 0 Å². The zero-order valence-electron chi connectivity index (χ0n) is 14.1. The molecule has 2 atom stereocenters. The van der Waals surface area contributed by atoms with Gasteiger partial charge in [-0.1, -0.05) is 0 Å². The molecular weight excluding hydrogens is 280 g/mol. The Bertz CT molecular complexity index is 496. The third-order valence-corrected chi connectivity index (χ3v) is 4.22. The predicted octanol–water partition coefficient (Wildman–Crippen LogP) is 3.31. The van der Waals surface area contributed by atoms with Gasteiger partial charge in [-0.05, 0) is 33.1 Å². The average Bonchev–Trinajstić information content (AvgIpc) is 2.53. The molecule has 0 saturated carbocycles. The molecule has 5 heteroatoms. The number of nitrogens with zero attached hydrogens (tertiary/aromatic N) is 2. The highest BCUT2D eigenvalue weighted by atomic mass is 16.5. The summed E-state index contributed by atoms with van der Waals surface area (Å²) in [6.07, 6.45) is 5.45. The van der Waals surface area contributed by atoms with E-state index in [-0.39, 0.29) is 0 Å². The molecule has 0 bridgehead atoms. The van der Waals surface area contributed by atoms with E-state index in [0.717, 1.165) is 5.56 Å². The van der Waals surface area contributed by atoms with Gasteiger partial charge in [0.1, 0.15) is 17.2 Å². The summed E-state index contributed by atoms with van der Waals surface area (Å²) in [6.45, 7) is 4.44. The van der Waals surface area contributed by atoms with Crippen molar-refractivity contribution in [1.82, 2.24) is 5.01 Å². The number of rotatable bonds is 5. The van der Waals surface area contributed by atoms with Gasteiger partial charge in [0.2, 0.25) is 0 Å². The van der Waals surface area contributed by atoms with Gasteiger partial charge in [0, 0.05) is 24.2 Å². The van der Waals surface area contributed by atoms with Crippen molar-refractivity contribution < 1.29 is 14.2 Å². The van der Waals surface area contributed by atoms with Crippen LogP contribution in [0.4, 0.5) is 0 Å². The highest BCUT2D eigenvalue weighted by Gasteiger charge is 2.23. The van der Waals surface area contributed by atoms with Crippen molar-refractivity contribution in [2.45, 2.75) is 45.2 Å². The van der Waals surface area contributed by atoms with Crippen LogP contribution in [0.2, 0.25) is 0 Å². The standard InChI is InChI=1S/C17H26N2O3/c1-12-7-6-8-13(2)19(12)18-11-15-16(21-4)9-14(20-3)10-17(15)22-5/h9-13H,6-8H2,1-5H3/b18-11-/t12-,13-/m1/s1. The molecule has 22 heavy (non-hydrogen) atoms. The van der Waals surface area contributed by atoms with Crippen LogP contribution in [-0.4, -0.2) is 44.6 Å². The molecule has 122 valence electrons. The summed E-state index contributed by atoms with van der Waals surface area (Å²) in [5, 5.41) is 6.87. The molecule has 5 nitrogen and oxygen atoms in total. The smallest absolute Gasteiger partial charge is 0.135 e. The number of ether oxygens (including phenoxy) is 3. The number of methoxy groups -OCH3 is 3. The van der Waals surface area contributed by atoms with Crippen LogP contribution in [-0.2, 0) is 0 Å². The minimum absolute atomic E-state index is 0.454. The Labute approximate surface area is 132 Å². The average molecular weight is 306 g/mol. The third kappa shape index (κ3) is 3.46. The summed E-state index contributed by atoms with van der Waals surface area (Å²) < 4.78 is 16.2. The fourth-order valence-electron chi connectivity index (χ4n) is 2.92. The van der Waals surface area contributed by atoms with E-state index in [1.54, 1.807) is 21.3 Å². The summed E-state index contributed by atoms with van der Waals surface area (Å²) in [4.78, 5) is 0. The van der Waals surface area contributed by atoms with Crippen LogP contribution >= 0.6 is 0 Å². The number of hydrazone groups is 1. The minimum Gasteiger partial charge on any atom is -0.496 e. The Morgan fingerprint density at radius 3 is 2.00 bits per heavy atom. The van der Waals surface area contributed by atoms with E-state index in [1.165, 1.54) is 19.3 Å². The van der Waals surface area contributed by atoms with E-state index >= 15 is 0 Å². The van der Waals surface area contributed by atoms with Crippen LogP contribution < -0.4 is 14.2 Å². The van der Waals surface area contributed by atoms with E-state index in [0.29, 0.717) is 29.3 Å². The van der Waals surface area contributed by atoms with Gasteiger partial charge in [-0.2, -0.15) is 5.10 Å². The van der Waals surface area contributed by atoms with Gasteiger partial charge in [0.25, 0.3) is 0 Å². The Morgan fingerprint density at radius 2 is 1.55 bits per heavy atom. The molecule has 1 aromatic rings. The first-order chi connectivity index (χ1) is 10.6. The molecule has 0 amide bonds. The van der Waals surface area contributed by atoms with Crippen LogP contribution in [0.5, 0.6) is 17.2 Å². The van der Waals surface area contributed by atoms with Crippen LogP contribution in [0.15, 0.2) is 17.2 Å². The Balaban J connectivity index is 2.32. The van der Waals surface area contributed by atoms with Crippen molar-refractivity contribution in [3.63, 3.8) is 0 Å². The summed E-state index contributed by atoms with van der Waals surface area (Å²) >= 11 is 0. The van der Waals surface area contributed by atoms with E-state index in [9.17, 15) is 0 Å². The molecule has 1 fully saturated rings. The van der Waals surface area contributed by atoms with Crippen molar-refractivity contribution in [3.8, 4) is 17.2 Å². The van der Waals surface area contributed by atoms with E-state index in [2.05, 4.69) is 18.9 Å². The summed E-state index contributed by atoms with van der Waals surface area (Å²) in [7, 11) is 4.90. The molecule has 0 radical (unpaired) electrons. The number of hydrogen-bond donors (Lipinski definition) is 0. The molecule has 1 aromatic carbocycles. The largest absolute Gasteiger partial charge is 0.496 e. The minimum atomic E-state index is 0.454. The topological polar surface area (TPSA) is 43.3 Å². The van der Waals surface area contributed by atoms with Gasteiger partial charge >= 0.3 is 0 Å². The first-order valence-electron chi connectivity index (χ1n) is 7.73. The maximum atomic E-state index is 5.45. The van der Waals surface area contributed by atoms with Gasteiger partial charge in [-0.3, -0.25) is 5.01 Å². The maximum Gasteiger partial charge on any atom is 0.135 e. The predicted molar refractivity (Wildman–Crippen MR) is 88.3 cm³/mol. The molecular formula is C17H26N2O3. The second-order valence-electron chi connectivity index (χ2n) is 5.70. The lowest BCUT2D eigenvalue weighted by Gasteiger charge is -2.36. The Kier molecular flexibility index (Phi) is 5.52. The van der Waals surface area contributed by atoms with Crippen molar-refractivity contribution in [2.75, 3.05) is 21.3 Å². The molecule has 1 heterocycles. The lowest BCUT2D eigenvalue weighted by atomic mass is 10.00. The third-order valence-electron chi connectivity index (χ3n) is 4.22. The van der Waals surface area contributed by atoms with Gasteiger partial charge < -0.3 is 14.2 Å². The molecule has 1 saturated heterocycles. The SMILES string of the molecule is COc1cc(OC)c(/C=N\N2[C@H](C)CCC[C@H]2C)c(OC)c1. The second kappa shape index (κ2) is 7.38. The summed E-state index contributed by atoms with van der Waals surface area (Å²) in [5.74, 6) is 2.08. The molecule has 2 rings (SSSR count). The van der Waals surface area contributed by atoms with E-state index < -0.39 is 0 Å². The van der Waals surface area contributed by atoms with Gasteiger partial charge in [-0.25, -0.2) is 0 Å². The Hall–Kier alpha value is -1.91. The normalized spacial score (nSPS) is 22.0. The molecule has 0 unspecified atom stereocenters. The van der Waals surface area contributed by atoms with Crippen molar-refractivity contribution in [1.29, 1.82) is 0 Å². The monoisotopic (exact) mass is 306 g/mol. The first kappa shape index (κ1) is 16.5. The highest BCUT2D eigenvalue weighted by Crippen LogP contribution is 2.33. The van der Waals surface area contributed by atoms with Crippen molar-refractivity contribution in [2.24, 2.45) is 5.10 Å². The van der Waals surface area contributed by atoms with E-state index in [4.69, 9.17) is 19.3 Å². The molecule has 0 aliphatic carbocycles. The summed E-state index contributed by atoms with van der Waals surface area (Å²) in [6, 6.07) is 4.59. The zero-order chi connectivity index (χ0) is 16.1. The molecule has 1 aliphatic rings. The van der Waals surface area contributed by atoms with Gasteiger partial charge in [0.05, 0.1) is 33.1 Å². The highest BCUT2D eigenvalue weighted by molar-refractivity contribution is 5.88. The maximum absolute atomic E-state index is 5.45. The second-order valence-corrected chi connectivity index (χ2v) is 5.70. The zero-order valence-corrected chi connectivity index (χ0v) is 14.1. The van der Waals surface area contributed by atoms with Crippen LogP contribution in [0.1, 0.15) is 38.7 Å². The molecule has 0 spiro atoms. The lowest BCUT2D eigenvalue weighted by Crippen LogP contribution is -2.39. The van der Waals surface area contributed by atoms with Crippen LogP contribution in [0, 0.1) is 0 Å². The fraction of sp³-hybridized carbons (Fsp3) is 0.588. The number of piperidine rings is 1. The fourth-order valence-corrected chi connectivity index (χ4v) is 2.92. The number of hydrogen-bond acceptors (Lipinski definition) is 5. The Morgan fingerprint density at radius 1 is 1.00 bits per heavy atom. The van der Waals surface area contributed by atoms with Crippen molar-refractivity contribution in [3.05, 3.63) is 17.7 Å². The lowest BCUT2D eigenvalue weighted by molar-refractivity contribution is 0.109. The van der Waals surface area contributed by atoms with Gasteiger partial charge in [-0.15, -0.1) is 0 Å². The van der Waals surface area contributed by atoms with Crippen LogP contribution in [0.3, 0.4) is 0 Å². The van der Waals surface area contributed by atoms with E-state index in [1.807, 2.05) is 18.3 Å². The molecule has 1 aliphatic heterocycles. The number of benzene rings is 1. The quantitative estimate of drug-likeness (QED) is 0.783. The van der Waals surface area contributed by atoms with Crippen LogP contribution in [0.25, 0.3) is 0 Å². The van der Waals surface area contributed by atoms with Crippen molar-refractivity contribution >= 4 is 6.21 Å². The summed E-state index contributed by atoms with van der Waals surface area (Å²) in [5.41, 5.74) is 0.829. The molecule has 0 aromatic heterocycles.